The molecule has 0 aliphatic heterocycles. The Labute approximate surface area is 57.1 Å². The number of hydrogen-bond donors (Lipinski definition) is 0. The Morgan fingerprint density at radius 1 is 1.22 bits per heavy atom. The van der Waals surface area contributed by atoms with Crippen molar-refractivity contribution in [2.24, 2.45) is 4.99 Å². The van der Waals surface area contributed by atoms with E-state index in [1.807, 2.05) is 30.3 Å². The molecule has 0 saturated carbocycles. The van der Waals surface area contributed by atoms with Gasteiger partial charge < -0.3 is 0 Å². The number of nitrogens with zero attached hydrogens (tertiary/aromatic N) is 1. The second-order valence-corrected chi connectivity index (χ2v) is 1.92. The maximum Gasteiger partial charge on any atom is 0.0722 e. The molecule has 0 fully saturated rings. The summed E-state index contributed by atoms with van der Waals surface area (Å²) in [5.41, 5.74) is 3.70. The van der Waals surface area contributed by atoms with Crippen LogP contribution >= 0.6 is 0 Å². The van der Waals surface area contributed by atoms with Crippen LogP contribution in [0.3, 0.4) is 0 Å². The minimum absolute atomic E-state index is 0.965. The SMILES string of the molecule is [SiH2]=C=Nc1ccccc1. The number of para-hydroxylation sites is 1. The maximum absolute atomic E-state index is 3.97. The molecule has 1 aromatic carbocycles. The van der Waals surface area contributed by atoms with Crippen LogP contribution in [0.15, 0.2) is 35.3 Å². The van der Waals surface area contributed by atoms with Crippen LogP contribution in [-0.2, 0) is 0 Å². The van der Waals surface area contributed by atoms with Gasteiger partial charge in [-0.25, -0.2) is 4.99 Å². The van der Waals surface area contributed by atoms with Gasteiger partial charge in [-0.2, -0.15) is 0 Å². The molecule has 44 valence electrons. The Morgan fingerprint density at radius 2 is 1.89 bits per heavy atom. The van der Waals surface area contributed by atoms with E-state index in [0.29, 0.717) is 0 Å². The summed E-state index contributed by atoms with van der Waals surface area (Å²) in [7, 11) is 1.61. The molecule has 0 aliphatic rings. The van der Waals surface area contributed by atoms with Crippen molar-refractivity contribution in [3.05, 3.63) is 30.3 Å². The number of benzene rings is 1. The third-order valence-electron chi connectivity index (χ3n) is 0.964. The fourth-order valence-corrected chi connectivity index (χ4v) is 0.776. The van der Waals surface area contributed by atoms with Gasteiger partial charge in [-0.3, -0.25) is 0 Å². The van der Waals surface area contributed by atoms with E-state index in [0.717, 1.165) is 5.69 Å². The van der Waals surface area contributed by atoms with Crippen molar-refractivity contribution in [1.82, 2.24) is 0 Å². The first kappa shape index (κ1) is 6.14. The summed E-state index contributed by atoms with van der Waals surface area (Å²) in [6.07, 6.45) is 0. The molecule has 0 unspecified atom stereocenters. The first-order valence-corrected chi connectivity index (χ1v) is 3.42. The highest BCUT2D eigenvalue weighted by molar-refractivity contribution is 6.23. The quantitative estimate of drug-likeness (QED) is 0.398. The van der Waals surface area contributed by atoms with Crippen molar-refractivity contribution in [2.45, 2.75) is 0 Å². The van der Waals surface area contributed by atoms with Crippen molar-refractivity contribution < 1.29 is 0 Å². The van der Waals surface area contributed by atoms with Gasteiger partial charge in [-0.15, -0.1) is 0 Å². The number of hydrogen-bond acceptors (Lipinski definition) is 1. The summed E-state index contributed by atoms with van der Waals surface area (Å²) in [6, 6.07) is 9.78. The molecule has 0 atom stereocenters. The van der Waals surface area contributed by atoms with Gasteiger partial charge in [0.1, 0.15) is 0 Å². The zero-order valence-electron chi connectivity index (χ0n) is 5.04. The second-order valence-electron chi connectivity index (χ2n) is 1.61. The Balaban J connectivity index is 2.97. The maximum atomic E-state index is 3.97. The number of rotatable bonds is 1. The van der Waals surface area contributed by atoms with Crippen LogP contribution in [0.2, 0.25) is 0 Å². The van der Waals surface area contributed by atoms with E-state index in [2.05, 4.69) is 10.5 Å². The molecular formula is C7H7NSi. The highest BCUT2D eigenvalue weighted by Crippen LogP contribution is 2.06. The fraction of sp³-hybridized carbons (Fsp3) is 0. The lowest BCUT2D eigenvalue weighted by atomic mass is 10.3. The molecule has 0 aromatic heterocycles. The van der Waals surface area contributed by atoms with Gasteiger partial charge in [-0.1, -0.05) is 23.7 Å². The lowest BCUT2D eigenvalue weighted by Gasteiger charge is -1.84. The molecule has 0 N–H and O–H groups in total. The van der Waals surface area contributed by atoms with Crippen LogP contribution in [0.4, 0.5) is 5.69 Å². The Kier molecular flexibility index (Phi) is 2.13. The molecule has 0 spiro atoms. The van der Waals surface area contributed by atoms with Crippen LogP contribution < -0.4 is 0 Å². The molecule has 1 rings (SSSR count). The van der Waals surface area contributed by atoms with Crippen LogP contribution in [-0.4, -0.2) is 15.3 Å². The minimum atomic E-state index is 0.965. The molecule has 9 heavy (non-hydrogen) atoms. The molecule has 0 heterocycles. The van der Waals surface area contributed by atoms with Gasteiger partial charge in [0.2, 0.25) is 0 Å². The normalized spacial score (nSPS) is 8.00. The second kappa shape index (κ2) is 3.12. The molecule has 0 radical (unpaired) electrons. The van der Waals surface area contributed by atoms with Crippen LogP contribution in [0, 0.1) is 0 Å². The first-order chi connectivity index (χ1) is 4.43. The predicted molar refractivity (Wildman–Crippen MR) is 42.1 cm³/mol. The Bertz CT molecular complexity index is 224. The molecule has 2 heteroatoms. The molecule has 0 amide bonds. The van der Waals surface area contributed by atoms with E-state index >= 15 is 0 Å². The van der Waals surface area contributed by atoms with E-state index in [1.165, 1.54) is 0 Å². The highest BCUT2D eigenvalue weighted by atomic mass is 28.1. The van der Waals surface area contributed by atoms with Gasteiger partial charge in [0.25, 0.3) is 0 Å². The summed E-state index contributed by atoms with van der Waals surface area (Å²) < 4.78 is 0. The minimum Gasteiger partial charge on any atom is -0.215 e. The standard InChI is InChI=1S/C7H7NSi/c9-6-8-7-4-2-1-3-5-7/h1-5H,9H2. The number of aliphatic imine (C=N–C) groups is 1. The van der Waals surface area contributed by atoms with Gasteiger partial charge in [-0.05, 0) is 12.1 Å². The van der Waals surface area contributed by atoms with Crippen molar-refractivity contribution in [2.75, 3.05) is 0 Å². The fourth-order valence-electron chi connectivity index (χ4n) is 0.594. The zero-order valence-corrected chi connectivity index (χ0v) is 6.46. The third-order valence-corrected chi connectivity index (χ3v) is 1.12. The molecule has 1 aromatic rings. The summed E-state index contributed by atoms with van der Waals surface area (Å²) >= 11 is 0. The Hall–Kier alpha value is -0.983. The monoisotopic (exact) mass is 133 g/mol. The average molecular weight is 133 g/mol. The highest BCUT2D eigenvalue weighted by Gasteiger charge is 1.78. The van der Waals surface area contributed by atoms with Gasteiger partial charge in [0, 0.05) is 0 Å². The van der Waals surface area contributed by atoms with E-state index in [1.54, 1.807) is 9.85 Å². The van der Waals surface area contributed by atoms with Gasteiger partial charge >= 0.3 is 0 Å². The predicted octanol–water partition coefficient (Wildman–Crippen LogP) is 0.856. The zero-order chi connectivity index (χ0) is 6.53. The van der Waals surface area contributed by atoms with Gasteiger partial charge in [0.05, 0.1) is 15.5 Å². The van der Waals surface area contributed by atoms with Crippen molar-refractivity contribution in [3.8, 4) is 0 Å². The topological polar surface area (TPSA) is 12.4 Å². The molecule has 1 nitrogen and oxygen atoms in total. The summed E-state index contributed by atoms with van der Waals surface area (Å²) in [6.45, 7) is 0. The van der Waals surface area contributed by atoms with Gasteiger partial charge in [0.15, 0.2) is 0 Å². The summed E-state index contributed by atoms with van der Waals surface area (Å²) in [5.74, 6) is 0. The van der Waals surface area contributed by atoms with E-state index in [9.17, 15) is 0 Å². The van der Waals surface area contributed by atoms with Crippen molar-refractivity contribution in [3.63, 3.8) is 0 Å². The van der Waals surface area contributed by atoms with E-state index in [4.69, 9.17) is 0 Å². The molecule has 0 aliphatic carbocycles. The molecule has 0 saturated heterocycles. The molecule has 0 bridgehead atoms. The smallest absolute Gasteiger partial charge is 0.0722 e. The lowest BCUT2D eigenvalue weighted by Crippen LogP contribution is -1.59. The summed E-state index contributed by atoms with van der Waals surface area (Å²) in [4.78, 5) is 3.97. The summed E-state index contributed by atoms with van der Waals surface area (Å²) in [5, 5.41) is 0. The third kappa shape index (κ3) is 1.76. The Morgan fingerprint density at radius 3 is 2.44 bits per heavy atom. The van der Waals surface area contributed by atoms with Crippen LogP contribution in [0.25, 0.3) is 0 Å². The first-order valence-electron chi connectivity index (χ1n) is 2.71. The van der Waals surface area contributed by atoms with Crippen LogP contribution in [0.5, 0.6) is 0 Å². The lowest BCUT2D eigenvalue weighted by molar-refractivity contribution is 1.55. The largest absolute Gasteiger partial charge is 0.215 e. The van der Waals surface area contributed by atoms with Crippen molar-refractivity contribution in [1.29, 1.82) is 0 Å². The van der Waals surface area contributed by atoms with E-state index < -0.39 is 0 Å². The molecular weight excluding hydrogens is 126 g/mol. The van der Waals surface area contributed by atoms with Crippen LogP contribution in [0.1, 0.15) is 0 Å². The van der Waals surface area contributed by atoms with Crippen molar-refractivity contribution >= 4 is 21.0 Å². The average Bonchev–Trinajstić information content (AvgIpc) is 1.91. The van der Waals surface area contributed by atoms with E-state index in [-0.39, 0.29) is 0 Å².